The summed E-state index contributed by atoms with van der Waals surface area (Å²) in [7, 11) is 0. The standard InChI is InChI=1S/C25H28ClFN6/c1-4-22(21-12-7-18(26)16-23(21)28-3)29-13-5-6-14-30-25-31-17(2)15-24(33-25)32-20-10-8-19(27)9-11-20/h4,7-12,15-16,29H,3,5-6,13-14H2,1-2H3,(H2,30,31,32,33)/b22-4+. The second kappa shape index (κ2) is 12.0. The normalized spacial score (nSPS) is 11.2. The van der Waals surface area contributed by atoms with E-state index in [4.69, 9.17) is 11.6 Å². The van der Waals surface area contributed by atoms with E-state index in [1.165, 1.54) is 12.1 Å². The van der Waals surface area contributed by atoms with Gasteiger partial charge in [-0.25, -0.2) is 9.37 Å². The predicted octanol–water partition coefficient (Wildman–Crippen LogP) is 6.50. The number of nitrogens with zero attached hydrogens (tertiary/aromatic N) is 3. The molecule has 0 aliphatic heterocycles. The minimum Gasteiger partial charge on any atom is -0.385 e. The fraction of sp³-hybridized carbons (Fsp3) is 0.240. The number of aromatic nitrogens is 2. The smallest absolute Gasteiger partial charge is 0.224 e. The number of unbranched alkanes of at least 4 members (excludes halogenated alkanes) is 1. The molecule has 6 nitrogen and oxygen atoms in total. The summed E-state index contributed by atoms with van der Waals surface area (Å²) in [6.45, 7) is 9.08. The van der Waals surface area contributed by atoms with Crippen LogP contribution in [0.15, 0.2) is 59.6 Å². The van der Waals surface area contributed by atoms with Crippen LogP contribution in [-0.4, -0.2) is 29.8 Å². The van der Waals surface area contributed by atoms with Crippen LogP contribution in [0.1, 0.15) is 31.0 Å². The highest BCUT2D eigenvalue weighted by Gasteiger charge is 2.07. The molecule has 172 valence electrons. The van der Waals surface area contributed by atoms with E-state index in [9.17, 15) is 4.39 Å². The number of anilines is 3. The van der Waals surface area contributed by atoms with E-state index in [1.807, 2.05) is 38.1 Å². The fourth-order valence-corrected chi connectivity index (χ4v) is 3.45. The van der Waals surface area contributed by atoms with Crippen LogP contribution >= 0.6 is 11.6 Å². The van der Waals surface area contributed by atoms with Crippen molar-refractivity contribution in [3.05, 3.63) is 76.7 Å². The molecule has 0 bridgehead atoms. The van der Waals surface area contributed by atoms with Gasteiger partial charge in [0.25, 0.3) is 0 Å². The van der Waals surface area contributed by atoms with E-state index in [0.29, 0.717) is 16.8 Å². The monoisotopic (exact) mass is 466 g/mol. The second-order valence-corrected chi connectivity index (χ2v) is 7.87. The van der Waals surface area contributed by atoms with Crippen LogP contribution in [0.25, 0.3) is 5.70 Å². The zero-order valence-electron chi connectivity index (χ0n) is 18.8. The molecule has 33 heavy (non-hydrogen) atoms. The Morgan fingerprint density at radius 3 is 2.58 bits per heavy atom. The van der Waals surface area contributed by atoms with Gasteiger partial charge in [-0.1, -0.05) is 17.7 Å². The number of aryl methyl sites for hydroxylation is 1. The van der Waals surface area contributed by atoms with Crippen LogP contribution in [0.3, 0.4) is 0 Å². The molecule has 0 aliphatic rings. The molecule has 3 N–H and O–H groups in total. The first-order valence-electron chi connectivity index (χ1n) is 10.8. The van der Waals surface area contributed by atoms with Gasteiger partial charge in [0.15, 0.2) is 0 Å². The maximum Gasteiger partial charge on any atom is 0.224 e. The van der Waals surface area contributed by atoms with Gasteiger partial charge in [0, 0.05) is 46.8 Å². The summed E-state index contributed by atoms with van der Waals surface area (Å²) in [6, 6.07) is 13.6. The molecule has 0 amide bonds. The lowest BCUT2D eigenvalue weighted by atomic mass is 10.1. The minimum atomic E-state index is -0.274. The highest BCUT2D eigenvalue weighted by atomic mass is 35.5. The van der Waals surface area contributed by atoms with Gasteiger partial charge in [-0.15, -0.1) is 0 Å². The summed E-state index contributed by atoms with van der Waals surface area (Å²) in [6.07, 6.45) is 3.92. The van der Waals surface area contributed by atoms with Gasteiger partial charge in [0.1, 0.15) is 11.6 Å². The van der Waals surface area contributed by atoms with Gasteiger partial charge in [0.2, 0.25) is 5.95 Å². The Morgan fingerprint density at radius 2 is 1.85 bits per heavy atom. The number of hydrogen-bond donors (Lipinski definition) is 3. The highest BCUT2D eigenvalue weighted by molar-refractivity contribution is 6.30. The molecule has 0 spiro atoms. The quantitative estimate of drug-likeness (QED) is 0.222. The Balaban J connectivity index is 1.46. The van der Waals surface area contributed by atoms with Crippen molar-refractivity contribution in [3.63, 3.8) is 0 Å². The topological polar surface area (TPSA) is 74.2 Å². The van der Waals surface area contributed by atoms with Gasteiger partial charge in [-0.2, -0.15) is 4.98 Å². The van der Waals surface area contributed by atoms with E-state index < -0.39 is 0 Å². The maximum absolute atomic E-state index is 13.1. The molecule has 0 radical (unpaired) electrons. The molecular formula is C25H28ClFN6. The SMILES string of the molecule is C=Nc1cc(Cl)ccc1/C(=C\C)NCCCCNc1nc(C)cc(Nc2ccc(F)cc2)n1. The van der Waals surface area contributed by atoms with Crippen LogP contribution in [0.4, 0.5) is 27.5 Å². The molecule has 0 atom stereocenters. The van der Waals surface area contributed by atoms with Gasteiger partial charge < -0.3 is 16.0 Å². The number of benzene rings is 2. The van der Waals surface area contributed by atoms with Gasteiger partial charge in [-0.05, 0) is 75.9 Å². The fourth-order valence-electron chi connectivity index (χ4n) is 3.28. The first-order valence-corrected chi connectivity index (χ1v) is 11.2. The number of allylic oxidation sites excluding steroid dienone is 1. The maximum atomic E-state index is 13.1. The first kappa shape index (κ1) is 24.2. The number of aliphatic imine (C=N–C) groups is 1. The summed E-state index contributed by atoms with van der Waals surface area (Å²) in [5, 5.41) is 10.6. The van der Waals surface area contributed by atoms with Crippen LogP contribution in [0.5, 0.6) is 0 Å². The second-order valence-electron chi connectivity index (χ2n) is 7.43. The Bertz CT molecular complexity index is 1110. The van der Waals surface area contributed by atoms with Crippen molar-refractivity contribution in [1.29, 1.82) is 0 Å². The van der Waals surface area contributed by atoms with E-state index in [1.54, 1.807) is 18.2 Å². The largest absolute Gasteiger partial charge is 0.385 e. The molecule has 0 fully saturated rings. The third kappa shape index (κ3) is 7.29. The van der Waals surface area contributed by atoms with Crippen molar-refractivity contribution in [2.75, 3.05) is 23.7 Å². The van der Waals surface area contributed by atoms with Crippen molar-refractivity contribution in [2.24, 2.45) is 4.99 Å². The van der Waals surface area contributed by atoms with Crippen molar-refractivity contribution < 1.29 is 4.39 Å². The summed E-state index contributed by atoms with van der Waals surface area (Å²) >= 11 is 6.06. The molecule has 0 saturated heterocycles. The number of halogens is 2. The van der Waals surface area contributed by atoms with Gasteiger partial charge in [-0.3, -0.25) is 4.99 Å². The summed E-state index contributed by atoms with van der Waals surface area (Å²) in [5.74, 6) is 0.943. The van der Waals surface area contributed by atoms with Crippen LogP contribution in [0, 0.1) is 12.7 Å². The first-order chi connectivity index (χ1) is 16.0. The van der Waals surface area contributed by atoms with E-state index >= 15 is 0 Å². The number of nitrogens with one attached hydrogen (secondary N) is 3. The van der Waals surface area contributed by atoms with Crippen molar-refractivity contribution in [2.45, 2.75) is 26.7 Å². The Morgan fingerprint density at radius 1 is 1.09 bits per heavy atom. The molecule has 3 aromatic rings. The third-order valence-electron chi connectivity index (χ3n) is 4.88. The molecule has 3 rings (SSSR count). The molecule has 0 aliphatic carbocycles. The van der Waals surface area contributed by atoms with Crippen LogP contribution < -0.4 is 16.0 Å². The van der Waals surface area contributed by atoms with Crippen LogP contribution in [-0.2, 0) is 0 Å². The van der Waals surface area contributed by atoms with Gasteiger partial charge >= 0.3 is 0 Å². The lowest BCUT2D eigenvalue weighted by molar-refractivity contribution is 0.628. The summed E-state index contributed by atoms with van der Waals surface area (Å²) < 4.78 is 13.1. The number of hydrogen-bond acceptors (Lipinski definition) is 6. The zero-order chi connectivity index (χ0) is 23.6. The van der Waals surface area contributed by atoms with E-state index in [2.05, 4.69) is 37.6 Å². The predicted molar refractivity (Wildman–Crippen MR) is 136 cm³/mol. The lowest BCUT2D eigenvalue weighted by Gasteiger charge is -2.14. The summed E-state index contributed by atoms with van der Waals surface area (Å²) in [5.41, 5.74) is 4.34. The summed E-state index contributed by atoms with van der Waals surface area (Å²) in [4.78, 5) is 13.0. The van der Waals surface area contributed by atoms with Crippen molar-refractivity contribution in [1.82, 2.24) is 15.3 Å². The Hall–Kier alpha value is -3.45. The number of rotatable bonds is 11. The molecule has 0 unspecified atom stereocenters. The van der Waals surface area contributed by atoms with Crippen molar-refractivity contribution in [3.8, 4) is 0 Å². The average molecular weight is 467 g/mol. The van der Waals surface area contributed by atoms with Crippen LogP contribution in [0.2, 0.25) is 5.02 Å². The zero-order valence-corrected chi connectivity index (χ0v) is 19.6. The average Bonchev–Trinajstić information content (AvgIpc) is 2.80. The molecule has 1 aromatic heterocycles. The van der Waals surface area contributed by atoms with E-state index in [0.717, 1.165) is 54.3 Å². The lowest BCUT2D eigenvalue weighted by Crippen LogP contribution is -2.15. The molecule has 2 aromatic carbocycles. The molecule has 8 heteroatoms. The Kier molecular flexibility index (Phi) is 8.78. The molecule has 1 heterocycles. The Labute approximate surface area is 199 Å². The minimum absolute atomic E-state index is 0.274. The molecular weight excluding hydrogens is 439 g/mol. The highest BCUT2D eigenvalue weighted by Crippen LogP contribution is 2.28. The van der Waals surface area contributed by atoms with E-state index in [-0.39, 0.29) is 5.82 Å². The van der Waals surface area contributed by atoms with Gasteiger partial charge in [0.05, 0.1) is 5.69 Å². The van der Waals surface area contributed by atoms with Crippen molar-refractivity contribution >= 4 is 47.2 Å². The molecule has 0 saturated carbocycles. The third-order valence-corrected chi connectivity index (χ3v) is 5.12.